The van der Waals surface area contributed by atoms with E-state index >= 15 is 0 Å². The first-order chi connectivity index (χ1) is 8.33. The summed E-state index contributed by atoms with van der Waals surface area (Å²) in [6, 6.07) is 7.56. The van der Waals surface area contributed by atoms with Crippen molar-refractivity contribution in [3.8, 4) is 0 Å². The van der Waals surface area contributed by atoms with E-state index in [4.69, 9.17) is 4.74 Å². The summed E-state index contributed by atoms with van der Waals surface area (Å²) in [6.45, 7) is 2.20. The van der Waals surface area contributed by atoms with E-state index in [2.05, 4.69) is 6.92 Å². The summed E-state index contributed by atoms with van der Waals surface area (Å²) in [7, 11) is 0. The highest BCUT2D eigenvalue weighted by Gasteiger charge is 2.24. The zero-order valence-electron chi connectivity index (χ0n) is 10.2. The van der Waals surface area contributed by atoms with Gasteiger partial charge in [-0.1, -0.05) is 44.4 Å². The van der Waals surface area contributed by atoms with Gasteiger partial charge in [0.25, 0.3) is 0 Å². The van der Waals surface area contributed by atoms with Crippen molar-refractivity contribution in [2.75, 3.05) is 0 Å². The second kappa shape index (κ2) is 5.67. The molecule has 17 heavy (non-hydrogen) atoms. The molecule has 2 heteroatoms. The van der Waals surface area contributed by atoms with Gasteiger partial charge in [-0.15, -0.1) is 0 Å². The fourth-order valence-electron chi connectivity index (χ4n) is 2.04. The molecule has 0 saturated heterocycles. The number of fused-ring (bicyclic) bond motifs is 1. The highest BCUT2D eigenvalue weighted by molar-refractivity contribution is 6.02. The molecule has 1 heterocycles. The highest BCUT2D eigenvalue weighted by atomic mass is 16.5. The fourth-order valence-corrected chi connectivity index (χ4v) is 2.04. The number of rotatable bonds is 5. The molecule has 1 aromatic carbocycles. The third-order valence-electron chi connectivity index (χ3n) is 3.00. The van der Waals surface area contributed by atoms with Crippen molar-refractivity contribution in [2.45, 2.75) is 39.0 Å². The molecule has 0 spiro atoms. The van der Waals surface area contributed by atoms with Crippen LogP contribution < -0.4 is 0 Å². The van der Waals surface area contributed by atoms with Gasteiger partial charge >= 0.3 is 5.97 Å². The number of carbonyl (C=O) groups excluding carboxylic acids is 1. The lowest BCUT2D eigenvalue weighted by Crippen LogP contribution is -1.92. The number of unbranched alkanes of at least 4 members (excludes halogenated alkanes) is 4. The van der Waals surface area contributed by atoms with Crippen LogP contribution in [0.2, 0.25) is 0 Å². The summed E-state index contributed by atoms with van der Waals surface area (Å²) < 4.78 is 5.26. The highest BCUT2D eigenvalue weighted by Crippen LogP contribution is 2.29. The Morgan fingerprint density at radius 3 is 2.65 bits per heavy atom. The molecule has 0 N–H and O–H groups in total. The Kier molecular flexibility index (Phi) is 3.97. The third kappa shape index (κ3) is 2.76. The second-order valence-corrected chi connectivity index (χ2v) is 4.35. The van der Waals surface area contributed by atoms with Crippen molar-refractivity contribution in [3.63, 3.8) is 0 Å². The number of carbonyl (C=O) groups is 1. The van der Waals surface area contributed by atoms with Crippen LogP contribution in [0.3, 0.4) is 0 Å². The molecule has 90 valence electrons. The minimum Gasteiger partial charge on any atom is -0.423 e. The first-order valence-electron chi connectivity index (χ1n) is 6.34. The molecule has 0 atom stereocenters. The largest absolute Gasteiger partial charge is 0.423 e. The summed E-state index contributed by atoms with van der Waals surface area (Å²) in [4.78, 5) is 11.5. The monoisotopic (exact) mass is 230 g/mol. The lowest BCUT2D eigenvalue weighted by atomic mass is 10.1. The smallest absolute Gasteiger partial charge is 0.344 e. The number of benzene rings is 1. The number of esters is 1. The van der Waals surface area contributed by atoms with Crippen LogP contribution >= 0.6 is 0 Å². The van der Waals surface area contributed by atoms with E-state index in [1.54, 1.807) is 0 Å². The van der Waals surface area contributed by atoms with E-state index in [0.717, 1.165) is 24.2 Å². The van der Waals surface area contributed by atoms with Crippen LogP contribution in [-0.4, -0.2) is 5.97 Å². The average molecular weight is 230 g/mol. The van der Waals surface area contributed by atoms with Crippen LogP contribution in [0, 0.1) is 0 Å². The topological polar surface area (TPSA) is 26.3 Å². The van der Waals surface area contributed by atoms with Gasteiger partial charge in [-0.3, -0.25) is 0 Å². The van der Waals surface area contributed by atoms with Crippen LogP contribution in [0.1, 0.15) is 54.9 Å². The van der Waals surface area contributed by atoms with Crippen molar-refractivity contribution in [3.05, 3.63) is 41.5 Å². The molecule has 0 bridgehead atoms. The predicted octanol–water partition coefficient (Wildman–Crippen LogP) is 4.17. The molecule has 0 aliphatic carbocycles. The van der Waals surface area contributed by atoms with Gasteiger partial charge in [-0.2, -0.15) is 0 Å². The lowest BCUT2D eigenvalue weighted by molar-refractivity contribution is 0.0715. The minimum atomic E-state index is -0.222. The maximum absolute atomic E-state index is 11.5. The van der Waals surface area contributed by atoms with Gasteiger partial charge < -0.3 is 4.74 Å². The number of hydrogen-bond acceptors (Lipinski definition) is 2. The number of allylic oxidation sites excluding steroid dienone is 1. The predicted molar refractivity (Wildman–Crippen MR) is 68.6 cm³/mol. The first-order valence-corrected chi connectivity index (χ1v) is 6.34. The van der Waals surface area contributed by atoms with Crippen LogP contribution in [0.5, 0.6) is 0 Å². The molecule has 1 aliphatic rings. The van der Waals surface area contributed by atoms with Crippen molar-refractivity contribution in [1.82, 2.24) is 0 Å². The normalized spacial score (nSPS) is 16.1. The van der Waals surface area contributed by atoms with Gasteiger partial charge in [-0.05, 0) is 25.0 Å². The van der Waals surface area contributed by atoms with Gasteiger partial charge in [0.15, 0.2) is 0 Å². The summed E-state index contributed by atoms with van der Waals surface area (Å²) in [5.41, 5.74) is 1.63. The lowest BCUT2D eigenvalue weighted by Gasteiger charge is -1.99. The van der Waals surface area contributed by atoms with Gasteiger partial charge in [0.05, 0.1) is 5.56 Å². The molecule has 0 saturated carbocycles. The zero-order chi connectivity index (χ0) is 12.1. The third-order valence-corrected chi connectivity index (χ3v) is 3.00. The van der Waals surface area contributed by atoms with E-state index in [9.17, 15) is 4.79 Å². The minimum absolute atomic E-state index is 0.222. The molecular formula is C15H18O2. The molecular weight excluding hydrogens is 212 g/mol. The molecule has 0 radical (unpaired) electrons. The molecule has 2 nitrogen and oxygen atoms in total. The van der Waals surface area contributed by atoms with Crippen LogP contribution in [0.15, 0.2) is 30.3 Å². The quantitative estimate of drug-likeness (QED) is 0.560. The van der Waals surface area contributed by atoms with E-state index < -0.39 is 0 Å². The molecule has 0 unspecified atom stereocenters. The SMILES string of the molecule is CCCCCC/C=C1\OC(=O)c2ccccc21. The number of hydrogen-bond donors (Lipinski definition) is 0. The van der Waals surface area contributed by atoms with Gasteiger partial charge in [0.1, 0.15) is 5.76 Å². The van der Waals surface area contributed by atoms with Crippen molar-refractivity contribution in [2.24, 2.45) is 0 Å². The molecule has 0 aromatic heterocycles. The van der Waals surface area contributed by atoms with Gasteiger partial charge in [0.2, 0.25) is 0 Å². The maximum Gasteiger partial charge on any atom is 0.344 e. The Balaban J connectivity index is 1.99. The average Bonchev–Trinajstić information content (AvgIpc) is 2.67. The summed E-state index contributed by atoms with van der Waals surface area (Å²) >= 11 is 0. The van der Waals surface area contributed by atoms with Gasteiger partial charge in [0, 0.05) is 5.56 Å². The number of cyclic esters (lactones) is 1. The molecule has 2 rings (SSSR count). The molecule has 1 aromatic rings. The van der Waals surface area contributed by atoms with Crippen molar-refractivity contribution < 1.29 is 9.53 Å². The van der Waals surface area contributed by atoms with Crippen LogP contribution in [0.25, 0.3) is 5.76 Å². The van der Waals surface area contributed by atoms with Gasteiger partial charge in [-0.25, -0.2) is 4.79 Å². The first kappa shape index (κ1) is 11.9. The summed E-state index contributed by atoms with van der Waals surface area (Å²) in [5, 5.41) is 0. The van der Waals surface area contributed by atoms with E-state index in [1.807, 2.05) is 30.3 Å². The Morgan fingerprint density at radius 2 is 1.88 bits per heavy atom. The number of ether oxygens (including phenoxy) is 1. The Labute approximate surface area is 102 Å². The van der Waals surface area contributed by atoms with E-state index in [0.29, 0.717) is 5.56 Å². The van der Waals surface area contributed by atoms with E-state index in [-0.39, 0.29) is 5.97 Å². The summed E-state index contributed by atoms with van der Waals surface area (Å²) in [5.74, 6) is 0.516. The standard InChI is InChI=1S/C15H18O2/c1-2-3-4-5-6-11-14-12-9-7-8-10-13(12)15(16)17-14/h7-11H,2-6H2,1H3/b14-11-. The van der Waals surface area contributed by atoms with Crippen molar-refractivity contribution >= 4 is 11.7 Å². The van der Waals surface area contributed by atoms with Crippen LogP contribution in [0.4, 0.5) is 0 Å². The summed E-state index contributed by atoms with van der Waals surface area (Å²) in [6.07, 6.45) is 7.96. The fraction of sp³-hybridized carbons (Fsp3) is 0.400. The molecule has 0 amide bonds. The molecule has 0 fully saturated rings. The van der Waals surface area contributed by atoms with E-state index in [1.165, 1.54) is 19.3 Å². The Bertz CT molecular complexity index is 432. The zero-order valence-corrected chi connectivity index (χ0v) is 10.2. The maximum atomic E-state index is 11.5. The molecule has 1 aliphatic heterocycles. The second-order valence-electron chi connectivity index (χ2n) is 4.35. The Morgan fingerprint density at radius 1 is 1.12 bits per heavy atom. The Hall–Kier alpha value is -1.57. The van der Waals surface area contributed by atoms with Crippen LogP contribution in [-0.2, 0) is 4.74 Å². The van der Waals surface area contributed by atoms with Crippen molar-refractivity contribution in [1.29, 1.82) is 0 Å².